The normalized spacial score (nSPS) is 15.1. The molecule has 0 saturated carbocycles. The molecule has 13 nitrogen and oxygen atoms in total. The highest BCUT2D eigenvalue weighted by atomic mass is 32.2. The van der Waals surface area contributed by atoms with Crippen LogP contribution in [0.25, 0.3) is 0 Å². The van der Waals surface area contributed by atoms with Crippen LogP contribution in [-0.2, 0) is 38.0 Å². The Hall–Kier alpha value is -1.91. The zero-order valence-corrected chi connectivity index (χ0v) is 27.3. The van der Waals surface area contributed by atoms with Crippen molar-refractivity contribution in [1.29, 1.82) is 0 Å². The number of esters is 1. The smallest absolute Gasteiger partial charge is 0.307 e. The monoisotopic (exact) mass is 635 g/mol. The Morgan fingerprint density at radius 1 is 0.930 bits per heavy atom. The predicted molar refractivity (Wildman–Crippen MR) is 165 cm³/mol. The van der Waals surface area contributed by atoms with Crippen LogP contribution in [0.3, 0.4) is 0 Å². The number of nitrogens with zero attached hydrogens (tertiary/aromatic N) is 2. The molecule has 1 rings (SSSR count). The van der Waals surface area contributed by atoms with Crippen LogP contribution in [0.1, 0.15) is 20.3 Å². The molecule has 0 radical (unpaired) electrons. The van der Waals surface area contributed by atoms with Gasteiger partial charge in [-0.2, -0.15) is 0 Å². The number of aliphatic hydroxyl groups excluding tert-OH is 2. The maximum absolute atomic E-state index is 12.6. The average Bonchev–Trinajstić information content (AvgIpc) is 2.99. The van der Waals surface area contributed by atoms with Crippen LogP contribution in [-0.4, -0.2) is 162 Å². The van der Waals surface area contributed by atoms with Crippen molar-refractivity contribution >= 4 is 23.6 Å². The highest BCUT2D eigenvalue weighted by Crippen LogP contribution is 2.25. The lowest BCUT2D eigenvalue weighted by Gasteiger charge is -2.30. The Balaban J connectivity index is 2.07. The van der Waals surface area contributed by atoms with Crippen LogP contribution in [0.15, 0.2) is 23.6 Å². The topological polar surface area (TPSA) is 148 Å². The summed E-state index contributed by atoms with van der Waals surface area (Å²) in [6, 6.07) is -0.271. The van der Waals surface area contributed by atoms with E-state index in [-0.39, 0.29) is 42.3 Å². The Labute approximate surface area is 260 Å². The lowest BCUT2D eigenvalue weighted by atomic mass is 10.1. The molecule has 1 aliphatic heterocycles. The highest BCUT2D eigenvalue weighted by molar-refractivity contribution is 8.01. The Bertz CT molecular complexity index is 843. The fourth-order valence-corrected chi connectivity index (χ4v) is 4.87. The van der Waals surface area contributed by atoms with E-state index in [1.54, 1.807) is 35.9 Å². The molecule has 14 heteroatoms. The molecule has 0 aliphatic carbocycles. The number of hydrogen-bond donors (Lipinski definition) is 3. The summed E-state index contributed by atoms with van der Waals surface area (Å²) in [7, 11) is 5.14. The molecule has 43 heavy (non-hydrogen) atoms. The Kier molecular flexibility index (Phi) is 21.3. The van der Waals surface area contributed by atoms with E-state index in [1.165, 1.54) is 7.11 Å². The van der Waals surface area contributed by atoms with Gasteiger partial charge in [-0.15, -0.1) is 11.8 Å². The van der Waals surface area contributed by atoms with Gasteiger partial charge in [0.1, 0.15) is 12.4 Å². The molecule has 0 aromatic heterocycles. The molecule has 1 heterocycles. The third-order valence-electron chi connectivity index (χ3n) is 6.19. The molecule has 1 atom stereocenters. The number of methoxy groups -OCH3 is 1. The Morgan fingerprint density at radius 2 is 1.53 bits per heavy atom. The summed E-state index contributed by atoms with van der Waals surface area (Å²) in [6.45, 7) is 9.81. The van der Waals surface area contributed by atoms with E-state index < -0.39 is 0 Å². The van der Waals surface area contributed by atoms with Crippen LogP contribution in [0.5, 0.6) is 0 Å². The maximum atomic E-state index is 12.6. The zero-order chi connectivity index (χ0) is 31.9. The van der Waals surface area contributed by atoms with Crippen LogP contribution in [0.4, 0.5) is 0 Å². The molecule has 0 aromatic rings. The first-order chi connectivity index (χ1) is 20.6. The lowest BCUT2D eigenvalue weighted by molar-refractivity contribution is -0.142. The van der Waals surface area contributed by atoms with Gasteiger partial charge in [-0.25, -0.2) is 0 Å². The largest absolute Gasteiger partial charge is 0.492 e. The minimum absolute atomic E-state index is 0.0538. The molecule has 0 bridgehead atoms. The fraction of sp³-hybridized carbons (Fsp3) is 0.793. The number of nitrogens with one attached hydrogen (secondary N) is 1. The van der Waals surface area contributed by atoms with E-state index in [4.69, 9.17) is 23.7 Å². The first kappa shape index (κ1) is 39.1. The molecular formula is C29H53N3O10S. The number of amides is 1. The van der Waals surface area contributed by atoms with Crippen molar-refractivity contribution in [2.75, 3.05) is 119 Å². The summed E-state index contributed by atoms with van der Waals surface area (Å²) in [5.41, 5.74) is 0.615. The number of thioether (sulfide) groups is 1. The van der Waals surface area contributed by atoms with Gasteiger partial charge in [0.15, 0.2) is 0 Å². The maximum Gasteiger partial charge on any atom is 0.307 e. The van der Waals surface area contributed by atoms with Gasteiger partial charge in [-0.1, -0.05) is 0 Å². The number of aliphatic hydroxyl groups is 2. The summed E-state index contributed by atoms with van der Waals surface area (Å²) in [4.78, 5) is 27.4. The van der Waals surface area contributed by atoms with Crippen LogP contribution >= 0.6 is 11.8 Å². The molecule has 250 valence electrons. The number of rotatable bonds is 26. The van der Waals surface area contributed by atoms with E-state index >= 15 is 0 Å². The van der Waals surface area contributed by atoms with Gasteiger partial charge in [0.05, 0.1) is 91.4 Å². The second-order valence-electron chi connectivity index (χ2n) is 10.6. The average molecular weight is 636 g/mol. The first-order valence-corrected chi connectivity index (χ1v) is 15.6. The number of allylic oxidation sites excluding steroid dienone is 1. The molecule has 0 fully saturated rings. The van der Waals surface area contributed by atoms with Crippen LogP contribution < -0.4 is 5.32 Å². The molecule has 1 unspecified atom stereocenters. The number of ether oxygens (including phenoxy) is 6. The van der Waals surface area contributed by atoms with E-state index in [0.717, 1.165) is 6.54 Å². The van der Waals surface area contributed by atoms with Crippen molar-refractivity contribution in [3.8, 4) is 0 Å². The third kappa shape index (κ3) is 19.9. The van der Waals surface area contributed by atoms with Crippen molar-refractivity contribution in [2.45, 2.75) is 31.1 Å². The number of carbonyl (C=O) groups is 2. The van der Waals surface area contributed by atoms with Crippen molar-refractivity contribution in [3.63, 3.8) is 0 Å². The van der Waals surface area contributed by atoms with Crippen molar-refractivity contribution in [2.24, 2.45) is 0 Å². The zero-order valence-electron chi connectivity index (χ0n) is 26.5. The van der Waals surface area contributed by atoms with E-state index in [0.29, 0.717) is 89.8 Å². The van der Waals surface area contributed by atoms with Gasteiger partial charge in [0, 0.05) is 43.2 Å². The standard InChI is InChI=1S/C29H53N3O10S/c1-29(2,23-31(3)7-11-42-26-18-24(20-33)30-25(19-26)21-34)43-22-27(35)32(4)8-10-39-13-15-41-17-16-40-14-12-38-9-6-28(36)37-5/h18-19,24,30,33-34H,6-17,20-23H2,1-5H3. The highest BCUT2D eigenvalue weighted by Gasteiger charge is 2.23. The quantitative estimate of drug-likeness (QED) is 0.0882. The Morgan fingerprint density at radius 3 is 2.12 bits per heavy atom. The van der Waals surface area contributed by atoms with Crippen molar-refractivity contribution in [1.82, 2.24) is 15.1 Å². The number of dihydropyridines is 1. The second-order valence-corrected chi connectivity index (χ2v) is 12.2. The van der Waals surface area contributed by atoms with Gasteiger partial charge >= 0.3 is 5.97 Å². The summed E-state index contributed by atoms with van der Waals surface area (Å²) in [5.74, 6) is 0.769. The van der Waals surface area contributed by atoms with Gasteiger partial charge in [0.25, 0.3) is 0 Å². The summed E-state index contributed by atoms with van der Waals surface area (Å²) in [5, 5.41) is 21.8. The SMILES string of the molecule is COC(=O)CCOCCOCCOCCOCCN(C)C(=O)CSC(C)(C)CN(C)CCOC1=CC(CO)NC(CO)=C1. The molecule has 1 amide bonds. The second kappa shape index (κ2) is 23.5. The van der Waals surface area contributed by atoms with E-state index in [1.807, 2.05) is 7.05 Å². The number of hydrogen-bond acceptors (Lipinski definition) is 13. The van der Waals surface area contributed by atoms with E-state index in [9.17, 15) is 19.8 Å². The van der Waals surface area contributed by atoms with Gasteiger partial charge in [0.2, 0.25) is 5.91 Å². The third-order valence-corrected chi connectivity index (χ3v) is 7.49. The molecule has 0 spiro atoms. The minimum Gasteiger partial charge on any atom is -0.492 e. The molecule has 3 N–H and O–H groups in total. The summed E-state index contributed by atoms with van der Waals surface area (Å²) in [6.07, 6.45) is 3.77. The van der Waals surface area contributed by atoms with Crippen LogP contribution in [0, 0.1) is 0 Å². The van der Waals surface area contributed by atoms with Crippen LogP contribution in [0.2, 0.25) is 0 Å². The first-order valence-electron chi connectivity index (χ1n) is 14.6. The van der Waals surface area contributed by atoms with Gasteiger partial charge in [-0.05, 0) is 27.0 Å². The molecule has 0 aromatic carbocycles. The predicted octanol–water partition coefficient (Wildman–Crippen LogP) is 0.259. The molecule has 1 aliphatic rings. The minimum atomic E-state index is -0.296. The van der Waals surface area contributed by atoms with Gasteiger partial charge in [-0.3, -0.25) is 9.59 Å². The summed E-state index contributed by atoms with van der Waals surface area (Å²) < 4.78 is 31.9. The van der Waals surface area contributed by atoms with Gasteiger partial charge < -0.3 is 53.8 Å². The van der Waals surface area contributed by atoms with Crippen molar-refractivity contribution in [3.05, 3.63) is 23.6 Å². The lowest BCUT2D eigenvalue weighted by Crippen LogP contribution is -2.38. The van der Waals surface area contributed by atoms with E-state index in [2.05, 4.69) is 28.8 Å². The van der Waals surface area contributed by atoms with Crippen molar-refractivity contribution < 1.29 is 48.2 Å². The number of likely N-dealkylation sites (N-methyl/N-ethyl adjacent to an activating group) is 2. The fourth-order valence-electron chi connectivity index (χ4n) is 3.83. The summed E-state index contributed by atoms with van der Waals surface area (Å²) >= 11 is 1.62. The molecular weight excluding hydrogens is 582 g/mol. The number of carbonyl (C=O) groups excluding carboxylic acids is 2. The molecule has 0 saturated heterocycles.